The van der Waals surface area contributed by atoms with Crippen LogP contribution in [0.4, 0.5) is 4.39 Å². The van der Waals surface area contributed by atoms with Crippen molar-refractivity contribution in [2.24, 2.45) is 5.73 Å². The predicted molar refractivity (Wildman–Crippen MR) is 98.2 cm³/mol. The van der Waals surface area contributed by atoms with Gasteiger partial charge in [0.15, 0.2) is 0 Å². The number of nitrogens with one attached hydrogen (secondary N) is 1. The number of carbonyl (C=O) groups is 1. The van der Waals surface area contributed by atoms with Gasteiger partial charge in [0.1, 0.15) is 11.6 Å². The lowest BCUT2D eigenvalue weighted by Gasteiger charge is -2.26. The average molecular weight is 344 g/mol. The van der Waals surface area contributed by atoms with Crippen molar-refractivity contribution >= 4 is 5.91 Å². The van der Waals surface area contributed by atoms with Crippen LogP contribution in [0.1, 0.15) is 37.0 Å². The second kappa shape index (κ2) is 8.12. The third kappa shape index (κ3) is 4.57. The first kappa shape index (κ1) is 18.9. The van der Waals surface area contributed by atoms with Crippen molar-refractivity contribution in [3.05, 3.63) is 53.8 Å². The molecule has 0 radical (unpaired) electrons. The highest BCUT2D eigenvalue weighted by atomic mass is 19.1. The molecular formula is C20H25FN2O2. The van der Waals surface area contributed by atoms with Gasteiger partial charge in [-0.25, -0.2) is 4.39 Å². The van der Waals surface area contributed by atoms with Gasteiger partial charge in [0, 0.05) is 12.1 Å². The SMILES string of the molecule is CCC(N)(CC)CNC(=O)c1ccc(-c2ccc(OC)cc2)cc1F. The summed E-state index contributed by atoms with van der Waals surface area (Å²) in [4.78, 5) is 12.3. The minimum Gasteiger partial charge on any atom is -0.497 e. The minimum atomic E-state index is -0.554. The van der Waals surface area contributed by atoms with Gasteiger partial charge >= 0.3 is 0 Å². The zero-order valence-corrected chi connectivity index (χ0v) is 14.9. The summed E-state index contributed by atoms with van der Waals surface area (Å²) in [6.07, 6.45) is 1.48. The van der Waals surface area contributed by atoms with Gasteiger partial charge in [-0.05, 0) is 48.2 Å². The smallest absolute Gasteiger partial charge is 0.254 e. The zero-order chi connectivity index (χ0) is 18.4. The van der Waals surface area contributed by atoms with Crippen LogP contribution in [-0.2, 0) is 0 Å². The summed E-state index contributed by atoms with van der Waals surface area (Å²) in [5.41, 5.74) is 7.28. The Morgan fingerprint density at radius 2 is 1.72 bits per heavy atom. The summed E-state index contributed by atoms with van der Waals surface area (Å²) in [6, 6.07) is 11.9. The van der Waals surface area contributed by atoms with Crippen molar-refractivity contribution in [3.63, 3.8) is 0 Å². The van der Waals surface area contributed by atoms with Crippen molar-refractivity contribution < 1.29 is 13.9 Å². The lowest BCUT2D eigenvalue weighted by atomic mass is 9.94. The van der Waals surface area contributed by atoms with Crippen molar-refractivity contribution in [3.8, 4) is 16.9 Å². The van der Waals surface area contributed by atoms with Crippen molar-refractivity contribution in [1.82, 2.24) is 5.32 Å². The number of methoxy groups -OCH3 is 1. The molecule has 5 heteroatoms. The molecule has 0 aromatic heterocycles. The highest BCUT2D eigenvalue weighted by molar-refractivity contribution is 5.95. The molecule has 0 heterocycles. The van der Waals surface area contributed by atoms with Crippen LogP contribution in [0, 0.1) is 5.82 Å². The van der Waals surface area contributed by atoms with E-state index in [1.165, 1.54) is 12.1 Å². The molecule has 0 bridgehead atoms. The van der Waals surface area contributed by atoms with Gasteiger partial charge in [-0.1, -0.05) is 32.0 Å². The molecule has 2 rings (SSSR count). The fraction of sp³-hybridized carbons (Fsp3) is 0.350. The first-order chi connectivity index (χ1) is 11.9. The highest BCUT2D eigenvalue weighted by Crippen LogP contribution is 2.24. The molecule has 0 aliphatic carbocycles. The monoisotopic (exact) mass is 344 g/mol. The molecule has 3 N–H and O–H groups in total. The van der Waals surface area contributed by atoms with E-state index < -0.39 is 17.3 Å². The van der Waals surface area contributed by atoms with Gasteiger partial charge in [-0.2, -0.15) is 0 Å². The van der Waals surface area contributed by atoms with E-state index in [9.17, 15) is 9.18 Å². The summed E-state index contributed by atoms with van der Waals surface area (Å²) in [5.74, 6) is -0.269. The van der Waals surface area contributed by atoms with Crippen LogP contribution in [0.3, 0.4) is 0 Å². The third-order valence-corrected chi connectivity index (χ3v) is 4.65. The molecule has 134 valence electrons. The summed E-state index contributed by atoms with van der Waals surface area (Å²) >= 11 is 0. The van der Waals surface area contributed by atoms with Gasteiger partial charge in [0.2, 0.25) is 0 Å². The number of amides is 1. The van der Waals surface area contributed by atoms with Crippen LogP contribution >= 0.6 is 0 Å². The number of hydrogen-bond acceptors (Lipinski definition) is 3. The average Bonchev–Trinajstić information content (AvgIpc) is 2.65. The first-order valence-electron chi connectivity index (χ1n) is 8.43. The van der Waals surface area contributed by atoms with E-state index in [-0.39, 0.29) is 5.56 Å². The molecule has 0 unspecified atom stereocenters. The van der Waals surface area contributed by atoms with E-state index in [0.29, 0.717) is 12.1 Å². The zero-order valence-electron chi connectivity index (χ0n) is 14.9. The molecule has 4 nitrogen and oxygen atoms in total. The summed E-state index contributed by atoms with van der Waals surface area (Å²) in [7, 11) is 1.59. The van der Waals surface area contributed by atoms with E-state index in [0.717, 1.165) is 24.2 Å². The van der Waals surface area contributed by atoms with Crippen molar-refractivity contribution in [2.75, 3.05) is 13.7 Å². The normalized spacial score (nSPS) is 11.2. The Labute approximate surface area is 148 Å². The molecule has 0 saturated carbocycles. The Morgan fingerprint density at radius 3 is 2.24 bits per heavy atom. The van der Waals surface area contributed by atoms with Crippen LogP contribution in [0.2, 0.25) is 0 Å². The van der Waals surface area contributed by atoms with E-state index in [2.05, 4.69) is 5.32 Å². The van der Waals surface area contributed by atoms with Gasteiger partial charge in [-0.15, -0.1) is 0 Å². The summed E-state index contributed by atoms with van der Waals surface area (Å²) in [6.45, 7) is 4.26. The van der Waals surface area contributed by atoms with Crippen molar-refractivity contribution in [2.45, 2.75) is 32.2 Å². The summed E-state index contributed by atoms with van der Waals surface area (Å²) < 4.78 is 19.5. The van der Waals surface area contributed by atoms with Crippen LogP contribution in [-0.4, -0.2) is 25.1 Å². The predicted octanol–water partition coefficient (Wildman–Crippen LogP) is 3.75. The fourth-order valence-electron chi connectivity index (χ4n) is 2.51. The Kier molecular flexibility index (Phi) is 6.15. The lowest BCUT2D eigenvalue weighted by molar-refractivity contribution is 0.0938. The van der Waals surface area contributed by atoms with Crippen LogP contribution in [0.5, 0.6) is 5.75 Å². The third-order valence-electron chi connectivity index (χ3n) is 4.65. The standard InChI is InChI=1S/C20H25FN2O2/c1-4-20(22,5-2)13-23-19(24)17-11-8-15(12-18(17)21)14-6-9-16(25-3)10-7-14/h6-12H,4-5,13,22H2,1-3H3,(H,23,24). The molecule has 2 aromatic carbocycles. The number of ether oxygens (including phenoxy) is 1. The molecule has 0 saturated heterocycles. The molecule has 0 aliphatic rings. The molecule has 25 heavy (non-hydrogen) atoms. The number of hydrogen-bond donors (Lipinski definition) is 2. The van der Waals surface area contributed by atoms with Gasteiger partial charge in [0.05, 0.1) is 12.7 Å². The number of halogens is 1. The number of nitrogens with two attached hydrogens (primary N) is 1. The lowest BCUT2D eigenvalue weighted by Crippen LogP contribution is -2.49. The topological polar surface area (TPSA) is 64.3 Å². The second-order valence-corrected chi connectivity index (χ2v) is 6.18. The highest BCUT2D eigenvalue weighted by Gasteiger charge is 2.22. The number of carbonyl (C=O) groups excluding carboxylic acids is 1. The largest absolute Gasteiger partial charge is 0.497 e. The van der Waals surface area contributed by atoms with E-state index >= 15 is 0 Å². The Morgan fingerprint density at radius 1 is 1.12 bits per heavy atom. The molecule has 0 spiro atoms. The summed E-state index contributed by atoms with van der Waals surface area (Å²) in [5, 5.41) is 2.74. The van der Waals surface area contributed by atoms with E-state index in [1.54, 1.807) is 13.2 Å². The van der Waals surface area contributed by atoms with Crippen LogP contribution < -0.4 is 15.8 Å². The molecule has 1 amide bonds. The minimum absolute atomic E-state index is 0.0202. The maximum absolute atomic E-state index is 14.4. The Balaban J connectivity index is 2.14. The molecular weight excluding hydrogens is 319 g/mol. The molecule has 0 aliphatic heterocycles. The van der Waals surface area contributed by atoms with Crippen LogP contribution in [0.15, 0.2) is 42.5 Å². The Bertz CT molecular complexity index is 725. The molecule has 0 atom stereocenters. The van der Waals surface area contributed by atoms with Crippen LogP contribution in [0.25, 0.3) is 11.1 Å². The molecule has 2 aromatic rings. The maximum atomic E-state index is 14.4. The van der Waals surface area contributed by atoms with E-state index in [1.807, 2.05) is 38.1 Å². The maximum Gasteiger partial charge on any atom is 0.254 e. The van der Waals surface area contributed by atoms with E-state index in [4.69, 9.17) is 10.5 Å². The fourth-order valence-corrected chi connectivity index (χ4v) is 2.51. The first-order valence-corrected chi connectivity index (χ1v) is 8.43. The van der Waals surface area contributed by atoms with Gasteiger partial charge in [0.25, 0.3) is 5.91 Å². The quantitative estimate of drug-likeness (QED) is 0.804. The van der Waals surface area contributed by atoms with Crippen molar-refractivity contribution in [1.29, 1.82) is 0 Å². The number of benzene rings is 2. The Hall–Kier alpha value is -2.40. The van der Waals surface area contributed by atoms with Gasteiger partial charge in [-0.3, -0.25) is 4.79 Å². The van der Waals surface area contributed by atoms with Gasteiger partial charge < -0.3 is 15.8 Å². The second-order valence-electron chi connectivity index (χ2n) is 6.18. The molecule has 0 fully saturated rings. The number of rotatable bonds is 7.